The predicted octanol–water partition coefficient (Wildman–Crippen LogP) is 8.34. The Morgan fingerprint density at radius 2 is 1.36 bits per heavy atom. The lowest BCUT2D eigenvalue weighted by Gasteiger charge is -2.58. The van der Waals surface area contributed by atoms with Crippen molar-refractivity contribution in [3.63, 3.8) is 0 Å². The predicted molar refractivity (Wildman–Crippen MR) is 183 cm³/mol. The fourth-order valence-electron chi connectivity index (χ4n) is 13.8. The van der Waals surface area contributed by atoms with Crippen molar-refractivity contribution in [2.45, 2.75) is 137 Å². The molecule has 8 rings (SSSR count). The van der Waals surface area contributed by atoms with Crippen molar-refractivity contribution < 1.29 is 24.3 Å². The van der Waals surface area contributed by atoms with Gasteiger partial charge in [-0.2, -0.15) is 0 Å². The van der Waals surface area contributed by atoms with E-state index in [0.717, 1.165) is 51.4 Å². The maximum atomic E-state index is 12.2. The average molecular weight is 643 g/mol. The molecule has 0 aromatic rings. The summed E-state index contributed by atoms with van der Waals surface area (Å²) in [6, 6.07) is 0. The first-order chi connectivity index (χ1) is 22.1. The van der Waals surface area contributed by atoms with E-state index in [-0.39, 0.29) is 33.4 Å². The summed E-state index contributed by atoms with van der Waals surface area (Å²) in [5, 5.41) is 11.1. The number of carbonyl (C=O) groups excluding carboxylic acids is 4. The fourth-order valence-corrected chi connectivity index (χ4v) is 13.8. The zero-order chi connectivity index (χ0) is 33.7. The lowest BCUT2D eigenvalue weighted by molar-refractivity contribution is -0.160. The Balaban J connectivity index is 0.000000150. The number of hydrogen-bond acceptors (Lipinski definition) is 5. The summed E-state index contributed by atoms with van der Waals surface area (Å²) >= 11 is 0. The fraction of sp³-hybridized carbons (Fsp3) is 0.762. The molecule has 256 valence electrons. The standard InChI is InChI=1S/C21H30O3.C21H28O2/c1-13(22)21(24)11-8-18-16-5-4-14-12-15(23)6-9-19(14,2)17(16)7-10-20(18,21)3;1-13(22)17-6-7-18-16-5-4-14-12-15(23)8-10-20(14,2)19(16)9-11-21(17,18)3/h12,16-18,24H,4-11H2,1-3H3;4-5,12,16-19H,6-11H2,1-3H3/t16-,17+,18+,19+,20+,21+;16-,17+,18-,19+,20+,21+/m10/s1. The number of fused-ring (bicyclic) bond motifs is 10. The van der Waals surface area contributed by atoms with Gasteiger partial charge in [-0.15, -0.1) is 0 Å². The first-order valence-corrected chi connectivity index (χ1v) is 19.0. The minimum atomic E-state index is -1.12. The molecule has 0 amide bonds. The van der Waals surface area contributed by atoms with Gasteiger partial charge in [0.2, 0.25) is 0 Å². The van der Waals surface area contributed by atoms with Crippen LogP contribution in [0.2, 0.25) is 0 Å². The molecular formula is C42H58O5. The lowest BCUT2D eigenvalue weighted by atomic mass is 9.46. The molecule has 0 saturated heterocycles. The zero-order valence-electron chi connectivity index (χ0n) is 29.8. The van der Waals surface area contributed by atoms with Crippen molar-refractivity contribution in [2.75, 3.05) is 0 Å². The van der Waals surface area contributed by atoms with Crippen molar-refractivity contribution >= 4 is 23.1 Å². The molecular weight excluding hydrogens is 584 g/mol. The van der Waals surface area contributed by atoms with E-state index < -0.39 is 5.60 Å². The maximum Gasteiger partial charge on any atom is 0.161 e. The molecule has 5 nitrogen and oxygen atoms in total. The first kappa shape index (κ1) is 33.4. The summed E-state index contributed by atoms with van der Waals surface area (Å²) in [4.78, 5) is 48.0. The monoisotopic (exact) mass is 642 g/mol. The van der Waals surface area contributed by atoms with Crippen molar-refractivity contribution in [1.29, 1.82) is 0 Å². The number of ketones is 4. The number of carbonyl (C=O) groups is 4. The average Bonchev–Trinajstić information content (AvgIpc) is 3.52. The smallest absolute Gasteiger partial charge is 0.161 e. The first-order valence-electron chi connectivity index (χ1n) is 19.0. The summed E-state index contributed by atoms with van der Waals surface area (Å²) in [5.41, 5.74) is 1.78. The molecule has 5 saturated carbocycles. The van der Waals surface area contributed by atoms with Crippen LogP contribution in [0.25, 0.3) is 0 Å². The molecule has 8 aliphatic rings. The topological polar surface area (TPSA) is 88.5 Å². The molecule has 0 aliphatic heterocycles. The SMILES string of the molecule is CC(=O)[C@@]1(O)CC[C@H]2[C@@H]3CCC4=CC(=O)CC[C@]4(C)[C@H]3CC[C@@]21C.CC(=O)[C@H]1CC[C@H]2[C@@H]3C=CC4=CC(=O)CC[C@@]4(C)[C@@H]3CC[C@]12C. The van der Waals surface area contributed by atoms with Gasteiger partial charge in [-0.3, -0.25) is 19.2 Å². The van der Waals surface area contributed by atoms with Crippen LogP contribution in [0.1, 0.15) is 131 Å². The molecule has 0 radical (unpaired) electrons. The Bertz CT molecular complexity index is 1480. The second kappa shape index (κ2) is 11.2. The summed E-state index contributed by atoms with van der Waals surface area (Å²) in [5.74, 6) is 4.73. The Kier molecular flexibility index (Phi) is 7.94. The van der Waals surface area contributed by atoms with Gasteiger partial charge in [-0.05, 0) is 160 Å². The molecule has 8 aliphatic carbocycles. The third-order valence-electron chi connectivity index (χ3n) is 16.7. The van der Waals surface area contributed by atoms with Crippen LogP contribution in [0.5, 0.6) is 0 Å². The quantitative estimate of drug-likeness (QED) is 0.327. The highest BCUT2D eigenvalue weighted by Gasteiger charge is 2.65. The number of allylic oxidation sites excluding steroid dienone is 5. The van der Waals surface area contributed by atoms with Crippen LogP contribution >= 0.6 is 0 Å². The maximum absolute atomic E-state index is 12.2. The van der Waals surface area contributed by atoms with Crippen molar-refractivity contribution in [3.05, 3.63) is 35.5 Å². The molecule has 0 aromatic heterocycles. The Morgan fingerprint density at radius 3 is 2.06 bits per heavy atom. The molecule has 0 unspecified atom stereocenters. The molecule has 0 aromatic carbocycles. The van der Waals surface area contributed by atoms with Gasteiger partial charge in [0.25, 0.3) is 0 Å². The Morgan fingerprint density at radius 1 is 0.702 bits per heavy atom. The minimum absolute atomic E-state index is 0.0446. The van der Waals surface area contributed by atoms with Crippen LogP contribution in [-0.4, -0.2) is 33.8 Å². The molecule has 12 atom stereocenters. The molecule has 0 bridgehead atoms. The van der Waals surface area contributed by atoms with Gasteiger partial charge in [-0.25, -0.2) is 0 Å². The van der Waals surface area contributed by atoms with Crippen LogP contribution in [0.15, 0.2) is 35.5 Å². The van der Waals surface area contributed by atoms with E-state index in [1.54, 1.807) is 13.8 Å². The zero-order valence-corrected chi connectivity index (χ0v) is 29.8. The second-order valence-corrected chi connectivity index (χ2v) is 18.3. The molecule has 5 heteroatoms. The third kappa shape index (κ3) is 4.70. The van der Waals surface area contributed by atoms with Crippen LogP contribution < -0.4 is 0 Å². The third-order valence-corrected chi connectivity index (χ3v) is 16.7. The summed E-state index contributed by atoms with van der Waals surface area (Å²) in [6.07, 6.45) is 22.3. The second-order valence-electron chi connectivity index (χ2n) is 18.3. The Labute approximate surface area is 282 Å². The van der Waals surface area contributed by atoms with Crippen LogP contribution in [0, 0.1) is 63.1 Å². The minimum Gasteiger partial charge on any atom is -0.382 e. The van der Waals surface area contributed by atoms with Gasteiger partial charge in [0.1, 0.15) is 11.4 Å². The molecule has 0 heterocycles. The van der Waals surface area contributed by atoms with E-state index in [2.05, 4.69) is 39.8 Å². The van der Waals surface area contributed by atoms with E-state index >= 15 is 0 Å². The normalized spacial score (nSPS) is 49.5. The van der Waals surface area contributed by atoms with E-state index in [9.17, 15) is 24.3 Å². The van der Waals surface area contributed by atoms with Crippen molar-refractivity contribution in [1.82, 2.24) is 0 Å². The van der Waals surface area contributed by atoms with Gasteiger partial charge >= 0.3 is 0 Å². The van der Waals surface area contributed by atoms with E-state index in [0.29, 0.717) is 72.1 Å². The molecule has 0 spiro atoms. The highest BCUT2D eigenvalue weighted by Crippen LogP contribution is 2.68. The van der Waals surface area contributed by atoms with Gasteiger partial charge in [0.15, 0.2) is 17.3 Å². The lowest BCUT2D eigenvalue weighted by Crippen LogP contribution is -2.57. The van der Waals surface area contributed by atoms with Crippen LogP contribution in [-0.2, 0) is 19.2 Å². The number of hydrogen-bond donors (Lipinski definition) is 1. The highest BCUT2D eigenvalue weighted by molar-refractivity contribution is 5.92. The summed E-state index contributed by atoms with van der Waals surface area (Å²) < 4.78 is 0. The number of aliphatic hydroxyl groups is 1. The summed E-state index contributed by atoms with van der Waals surface area (Å²) in [7, 11) is 0. The summed E-state index contributed by atoms with van der Waals surface area (Å²) in [6.45, 7) is 12.6. The number of rotatable bonds is 2. The van der Waals surface area contributed by atoms with Gasteiger partial charge in [-0.1, -0.05) is 45.4 Å². The highest BCUT2D eigenvalue weighted by atomic mass is 16.3. The van der Waals surface area contributed by atoms with E-state index in [1.165, 1.54) is 30.4 Å². The van der Waals surface area contributed by atoms with Crippen molar-refractivity contribution in [2.24, 2.45) is 63.1 Å². The van der Waals surface area contributed by atoms with Crippen molar-refractivity contribution in [3.8, 4) is 0 Å². The van der Waals surface area contributed by atoms with Crippen LogP contribution in [0.4, 0.5) is 0 Å². The molecule has 1 N–H and O–H groups in total. The van der Waals surface area contributed by atoms with Gasteiger partial charge < -0.3 is 5.11 Å². The molecule has 47 heavy (non-hydrogen) atoms. The van der Waals surface area contributed by atoms with E-state index in [4.69, 9.17) is 0 Å². The number of Topliss-reactive ketones (excluding diaryl/α,β-unsaturated/α-hetero) is 2. The largest absolute Gasteiger partial charge is 0.382 e. The van der Waals surface area contributed by atoms with Gasteiger partial charge in [0, 0.05) is 24.2 Å². The van der Waals surface area contributed by atoms with E-state index in [1.807, 2.05) is 12.2 Å². The molecule has 5 fully saturated rings. The van der Waals surface area contributed by atoms with Crippen LogP contribution in [0.3, 0.4) is 0 Å². The van der Waals surface area contributed by atoms with Gasteiger partial charge in [0.05, 0.1) is 0 Å². The Hall–Kier alpha value is -2.14.